The Morgan fingerprint density at radius 1 is 1.45 bits per heavy atom. The van der Waals surface area contributed by atoms with Crippen LogP contribution in [0.2, 0.25) is 18.6 Å². The molecule has 0 aromatic heterocycles. The minimum Gasteiger partial charge on any atom is -0.417 e. The Balaban J connectivity index is 4.11. The maximum Gasteiger partial charge on any atom is 0.196 e. The van der Waals surface area contributed by atoms with Crippen molar-refractivity contribution in [2.75, 3.05) is 6.61 Å². The van der Waals surface area contributed by atoms with Crippen molar-refractivity contribution in [1.82, 2.24) is 0 Å². The van der Waals surface area contributed by atoms with Crippen LogP contribution in [0.1, 0.15) is 20.3 Å². The third-order valence-electron chi connectivity index (χ3n) is 2.01. The lowest BCUT2D eigenvalue weighted by molar-refractivity contribution is -0.108. The topological polar surface area (TPSA) is 26.3 Å². The highest BCUT2D eigenvalue weighted by Crippen LogP contribution is 2.23. The van der Waals surface area contributed by atoms with Gasteiger partial charge in [-0.15, -0.1) is 0 Å². The van der Waals surface area contributed by atoms with Gasteiger partial charge in [-0.2, -0.15) is 0 Å². The zero-order valence-corrected chi connectivity index (χ0v) is 8.89. The van der Waals surface area contributed by atoms with Gasteiger partial charge in [-0.05, 0) is 26.4 Å². The van der Waals surface area contributed by atoms with Gasteiger partial charge < -0.3 is 9.22 Å². The van der Waals surface area contributed by atoms with Crippen molar-refractivity contribution in [1.29, 1.82) is 0 Å². The Morgan fingerprint density at radius 2 is 2.00 bits per heavy atom. The van der Waals surface area contributed by atoms with Gasteiger partial charge in [0, 0.05) is 12.1 Å². The van der Waals surface area contributed by atoms with E-state index in [0.717, 1.165) is 19.3 Å². The molecule has 1 unspecified atom stereocenters. The van der Waals surface area contributed by atoms with Crippen LogP contribution in [-0.2, 0) is 9.22 Å². The first-order chi connectivity index (χ1) is 5.08. The van der Waals surface area contributed by atoms with Gasteiger partial charge in [-0.1, -0.05) is 6.92 Å². The zero-order chi connectivity index (χ0) is 8.91. The molecule has 0 saturated heterocycles. The normalized spacial score (nSPS) is 14.5. The fourth-order valence-corrected chi connectivity index (χ4v) is 3.50. The standard InChI is InChI=1S/C8H18O2Si/c1-5-8(7-9)11(3,4)10-6-2/h7-8H,5-6H2,1-4H3. The summed E-state index contributed by atoms with van der Waals surface area (Å²) < 4.78 is 5.58. The summed E-state index contributed by atoms with van der Waals surface area (Å²) in [5, 5.41) is 0. The molecule has 0 N–H and O–H groups in total. The Morgan fingerprint density at radius 3 is 2.27 bits per heavy atom. The average Bonchev–Trinajstić information content (AvgIpc) is 1.89. The van der Waals surface area contributed by atoms with Gasteiger partial charge in [0.2, 0.25) is 0 Å². The summed E-state index contributed by atoms with van der Waals surface area (Å²) in [7, 11) is -1.70. The Hall–Kier alpha value is -0.153. The van der Waals surface area contributed by atoms with Crippen molar-refractivity contribution >= 4 is 14.6 Å². The van der Waals surface area contributed by atoms with Crippen molar-refractivity contribution in [3.8, 4) is 0 Å². The van der Waals surface area contributed by atoms with E-state index in [1.807, 2.05) is 13.8 Å². The SMILES string of the molecule is CCO[Si](C)(C)C(C=O)CC. The van der Waals surface area contributed by atoms with Crippen LogP contribution in [0, 0.1) is 0 Å². The highest BCUT2D eigenvalue weighted by atomic mass is 28.4. The highest BCUT2D eigenvalue weighted by molar-refractivity contribution is 6.75. The Bertz CT molecular complexity index is 123. The van der Waals surface area contributed by atoms with Crippen molar-refractivity contribution < 1.29 is 9.22 Å². The minimum absolute atomic E-state index is 0.155. The van der Waals surface area contributed by atoms with E-state index >= 15 is 0 Å². The van der Waals surface area contributed by atoms with Gasteiger partial charge in [0.15, 0.2) is 8.32 Å². The van der Waals surface area contributed by atoms with E-state index in [0.29, 0.717) is 0 Å². The lowest BCUT2D eigenvalue weighted by Crippen LogP contribution is -2.37. The summed E-state index contributed by atoms with van der Waals surface area (Å²) in [4.78, 5) is 10.6. The van der Waals surface area contributed by atoms with Crippen molar-refractivity contribution in [3.63, 3.8) is 0 Å². The van der Waals surface area contributed by atoms with Gasteiger partial charge in [0.05, 0.1) is 0 Å². The summed E-state index contributed by atoms with van der Waals surface area (Å²) in [6.07, 6.45) is 1.95. The Kier molecular flexibility index (Phi) is 4.60. The molecule has 0 fully saturated rings. The molecule has 11 heavy (non-hydrogen) atoms. The second kappa shape index (κ2) is 4.67. The molecule has 0 aliphatic rings. The maximum absolute atomic E-state index is 10.6. The van der Waals surface area contributed by atoms with Crippen LogP contribution >= 0.6 is 0 Å². The van der Waals surface area contributed by atoms with Crippen LogP contribution in [0.5, 0.6) is 0 Å². The fourth-order valence-electron chi connectivity index (χ4n) is 1.23. The zero-order valence-electron chi connectivity index (χ0n) is 7.89. The van der Waals surface area contributed by atoms with Gasteiger partial charge in [0.1, 0.15) is 6.29 Å². The molecule has 66 valence electrons. The van der Waals surface area contributed by atoms with E-state index in [1.165, 1.54) is 0 Å². The third-order valence-corrected chi connectivity index (χ3v) is 5.38. The second-order valence-electron chi connectivity index (χ2n) is 3.19. The molecule has 0 bridgehead atoms. The van der Waals surface area contributed by atoms with Crippen LogP contribution in [0.15, 0.2) is 0 Å². The molecule has 3 heteroatoms. The quantitative estimate of drug-likeness (QED) is 0.472. The number of carbonyl (C=O) groups is 1. The van der Waals surface area contributed by atoms with Crippen molar-refractivity contribution in [3.05, 3.63) is 0 Å². The molecule has 0 aliphatic heterocycles. The molecule has 0 rings (SSSR count). The van der Waals surface area contributed by atoms with Crippen LogP contribution in [-0.4, -0.2) is 21.2 Å². The summed E-state index contributed by atoms with van der Waals surface area (Å²) >= 11 is 0. The molecule has 0 spiro atoms. The molecular weight excluding hydrogens is 156 g/mol. The molecule has 0 amide bonds. The molecule has 0 aromatic rings. The minimum atomic E-state index is -1.70. The Labute approximate surface area is 70.1 Å². The number of hydrogen-bond donors (Lipinski definition) is 0. The van der Waals surface area contributed by atoms with E-state index < -0.39 is 8.32 Å². The summed E-state index contributed by atoms with van der Waals surface area (Å²) in [6, 6.07) is 0. The first kappa shape index (κ1) is 10.8. The van der Waals surface area contributed by atoms with E-state index in [1.54, 1.807) is 0 Å². The number of carbonyl (C=O) groups excluding carboxylic acids is 1. The van der Waals surface area contributed by atoms with Crippen molar-refractivity contribution in [2.24, 2.45) is 0 Å². The summed E-state index contributed by atoms with van der Waals surface area (Å²) in [5.41, 5.74) is 0.155. The predicted octanol–water partition coefficient (Wildman–Crippen LogP) is 2.21. The molecule has 0 radical (unpaired) electrons. The molecule has 0 aromatic carbocycles. The van der Waals surface area contributed by atoms with Crippen LogP contribution in [0.25, 0.3) is 0 Å². The largest absolute Gasteiger partial charge is 0.417 e. The number of hydrogen-bond acceptors (Lipinski definition) is 2. The van der Waals surface area contributed by atoms with Gasteiger partial charge in [-0.3, -0.25) is 0 Å². The fraction of sp³-hybridized carbons (Fsp3) is 0.875. The lowest BCUT2D eigenvalue weighted by Gasteiger charge is -2.26. The predicted molar refractivity (Wildman–Crippen MR) is 49.2 cm³/mol. The third kappa shape index (κ3) is 3.16. The summed E-state index contributed by atoms with van der Waals surface area (Å²) in [5.74, 6) is 0. The smallest absolute Gasteiger partial charge is 0.196 e. The molecule has 0 heterocycles. The monoisotopic (exact) mass is 174 g/mol. The van der Waals surface area contributed by atoms with Gasteiger partial charge in [-0.25, -0.2) is 0 Å². The summed E-state index contributed by atoms with van der Waals surface area (Å²) in [6.45, 7) is 8.93. The van der Waals surface area contributed by atoms with E-state index in [-0.39, 0.29) is 5.54 Å². The number of rotatable bonds is 5. The maximum atomic E-state index is 10.6. The first-order valence-electron chi connectivity index (χ1n) is 4.17. The van der Waals surface area contributed by atoms with E-state index in [9.17, 15) is 4.79 Å². The molecule has 0 saturated carbocycles. The second-order valence-corrected chi connectivity index (χ2v) is 7.42. The highest BCUT2D eigenvalue weighted by Gasteiger charge is 2.31. The molecular formula is C8H18O2Si. The van der Waals surface area contributed by atoms with Crippen LogP contribution in [0.3, 0.4) is 0 Å². The van der Waals surface area contributed by atoms with Gasteiger partial charge in [0.25, 0.3) is 0 Å². The number of aldehydes is 1. The molecule has 1 atom stereocenters. The van der Waals surface area contributed by atoms with E-state index in [2.05, 4.69) is 13.1 Å². The van der Waals surface area contributed by atoms with Gasteiger partial charge >= 0.3 is 0 Å². The van der Waals surface area contributed by atoms with Crippen molar-refractivity contribution in [2.45, 2.75) is 38.9 Å². The lowest BCUT2D eigenvalue weighted by atomic mass is 10.4. The first-order valence-corrected chi connectivity index (χ1v) is 7.16. The molecule has 0 aliphatic carbocycles. The van der Waals surface area contributed by atoms with Crippen LogP contribution < -0.4 is 0 Å². The average molecular weight is 174 g/mol. The van der Waals surface area contributed by atoms with E-state index in [4.69, 9.17) is 4.43 Å². The van der Waals surface area contributed by atoms with Crippen LogP contribution in [0.4, 0.5) is 0 Å². The molecule has 2 nitrogen and oxygen atoms in total.